The largest absolute Gasteiger partial charge is 0.295 e. The molecule has 1 aliphatic rings. The van der Waals surface area contributed by atoms with Crippen molar-refractivity contribution in [3.8, 4) is 12.3 Å². The maximum Gasteiger partial charge on any atom is 0.154 e. The van der Waals surface area contributed by atoms with Gasteiger partial charge in [0.15, 0.2) is 6.34 Å². The molecule has 5 nitrogen and oxygen atoms in total. The first-order valence-corrected chi connectivity index (χ1v) is 9.28. The summed E-state index contributed by atoms with van der Waals surface area (Å²) in [5.41, 5.74) is 4.84. The van der Waals surface area contributed by atoms with Crippen LogP contribution in [-0.4, -0.2) is 26.2 Å². The van der Waals surface area contributed by atoms with Gasteiger partial charge in [0.1, 0.15) is 5.03 Å². The van der Waals surface area contributed by atoms with Crippen molar-refractivity contribution in [3.63, 3.8) is 0 Å². The fourth-order valence-electron chi connectivity index (χ4n) is 2.76. The number of nitrogens with zero attached hydrogens (tertiary/aromatic N) is 4. The van der Waals surface area contributed by atoms with Crippen molar-refractivity contribution in [2.24, 2.45) is 11.0 Å². The first-order valence-electron chi connectivity index (χ1n) is 7.99. The Hall–Kier alpha value is -1.98. The van der Waals surface area contributed by atoms with Gasteiger partial charge < -0.3 is 0 Å². The highest BCUT2D eigenvalue weighted by molar-refractivity contribution is 7.97. The van der Waals surface area contributed by atoms with Gasteiger partial charge in [-0.25, -0.2) is 4.98 Å². The van der Waals surface area contributed by atoms with Crippen molar-refractivity contribution in [2.75, 3.05) is 0 Å². The monoisotopic (exact) mass is 375 g/mol. The molecule has 130 valence electrons. The molecule has 2 aromatic rings. The molecule has 1 atom stereocenters. The van der Waals surface area contributed by atoms with Gasteiger partial charge in [-0.3, -0.25) is 10.4 Å². The summed E-state index contributed by atoms with van der Waals surface area (Å²) >= 11 is 5.30. The maximum atomic E-state index is 14.0. The molecule has 1 aliphatic carbocycles. The number of fused-ring (bicyclic) bond motifs is 1. The van der Waals surface area contributed by atoms with Gasteiger partial charge in [0.05, 0.1) is 16.4 Å². The molecule has 0 bridgehead atoms. The van der Waals surface area contributed by atoms with Crippen molar-refractivity contribution in [2.45, 2.75) is 36.1 Å². The van der Waals surface area contributed by atoms with Crippen LogP contribution in [0, 0.1) is 18.3 Å². The molecule has 1 saturated carbocycles. The van der Waals surface area contributed by atoms with Crippen LogP contribution in [0.4, 0.5) is 4.48 Å². The molecular formula is C17H18FN5S2. The highest BCUT2D eigenvalue weighted by Crippen LogP contribution is 2.29. The summed E-state index contributed by atoms with van der Waals surface area (Å²) in [6.45, 7) is 0. The van der Waals surface area contributed by atoms with Gasteiger partial charge in [-0.2, -0.15) is 17.7 Å². The van der Waals surface area contributed by atoms with Gasteiger partial charge in [0.2, 0.25) is 0 Å². The molecule has 1 N–H and O–H groups in total. The predicted octanol–water partition coefficient (Wildman–Crippen LogP) is 3.78. The number of halogens is 1. The zero-order chi connectivity index (χ0) is 17.6. The van der Waals surface area contributed by atoms with Gasteiger partial charge in [0, 0.05) is 23.7 Å². The van der Waals surface area contributed by atoms with Crippen molar-refractivity contribution in [1.82, 2.24) is 19.9 Å². The maximum absolute atomic E-state index is 14.0. The van der Waals surface area contributed by atoms with Gasteiger partial charge >= 0.3 is 0 Å². The van der Waals surface area contributed by atoms with Crippen LogP contribution in [0.3, 0.4) is 0 Å². The topological polar surface area (TPSA) is 53.4 Å². The van der Waals surface area contributed by atoms with Gasteiger partial charge in [-0.1, -0.05) is 23.2 Å². The van der Waals surface area contributed by atoms with E-state index in [1.165, 1.54) is 12.8 Å². The minimum atomic E-state index is -0.0517. The molecule has 1 unspecified atom stereocenters. The highest BCUT2D eigenvalue weighted by atomic mass is 32.2. The number of hydrogen-bond donors (Lipinski definition) is 2. The van der Waals surface area contributed by atoms with Crippen LogP contribution in [0.5, 0.6) is 0 Å². The molecule has 25 heavy (non-hydrogen) atoms. The van der Waals surface area contributed by atoms with E-state index in [4.69, 9.17) is 6.42 Å². The fraction of sp³-hybridized carbons (Fsp3) is 0.353. The van der Waals surface area contributed by atoms with Crippen LogP contribution in [0.2, 0.25) is 0 Å². The van der Waals surface area contributed by atoms with Crippen LogP contribution in [0.1, 0.15) is 31.2 Å². The number of aromatic nitrogens is 2. The number of terminal acetylenes is 1. The summed E-state index contributed by atoms with van der Waals surface area (Å²) in [6, 6.07) is 5.22. The lowest BCUT2D eigenvalue weighted by Gasteiger charge is -2.17. The first kappa shape index (κ1) is 17.8. The number of thiol groups is 1. The van der Waals surface area contributed by atoms with E-state index in [0.717, 1.165) is 31.1 Å². The Morgan fingerprint density at radius 2 is 2.24 bits per heavy atom. The van der Waals surface area contributed by atoms with Gasteiger partial charge in [0.25, 0.3) is 0 Å². The Morgan fingerprint density at radius 1 is 1.44 bits per heavy atom. The van der Waals surface area contributed by atoms with E-state index in [0.29, 0.717) is 32.1 Å². The van der Waals surface area contributed by atoms with Crippen LogP contribution < -0.4 is 5.43 Å². The molecule has 0 radical (unpaired) electrons. The van der Waals surface area contributed by atoms with E-state index in [-0.39, 0.29) is 5.37 Å². The minimum absolute atomic E-state index is 0.0517. The highest BCUT2D eigenvalue weighted by Gasteiger charge is 2.21. The quantitative estimate of drug-likeness (QED) is 0.118. The van der Waals surface area contributed by atoms with Gasteiger partial charge in [-0.05, 0) is 37.0 Å². The number of hydrogen-bond acceptors (Lipinski definition) is 6. The average Bonchev–Trinajstić information content (AvgIpc) is 3.15. The Bertz CT molecular complexity index is 801. The van der Waals surface area contributed by atoms with E-state index in [1.54, 1.807) is 24.4 Å². The smallest absolute Gasteiger partial charge is 0.154 e. The molecule has 2 heterocycles. The van der Waals surface area contributed by atoms with E-state index in [1.807, 2.05) is 0 Å². The number of rotatable bonds is 6. The second kappa shape index (κ2) is 8.41. The summed E-state index contributed by atoms with van der Waals surface area (Å²) in [4.78, 5) is 8.57. The van der Waals surface area contributed by atoms with Crippen LogP contribution in [0.15, 0.2) is 34.5 Å². The molecule has 0 aliphatic heterocycles. The SMILES string of the molecule is C#Cc1cnc2ccc(SN(F)/C=N/NC(S)C3CCCC3)nc2c1. The molecule has 0 amide bonds. The normalized spacial score (nSPS) is 16.2. The first-order chi connectivity index (χ1) is 12.2. The molecule has 3 rings (SSSR count). The Kier molecular flexibility index (Phi) is 6.00. The zero-order valence-corrected chi connectivity index (χ0v) is 15.2. The number of pyridine rings is 2. The van der Waals surface area contributed by atoms with E-state index in [2.05, 4.69) is 39.0 Å². The van der Waals surface area contributed by atoms with Crippen molar-refractivity contribution >= 4 is 41.9 Å². The summed E-state index contributed by atoms with van der Waals surface area (Å²) in [6.07, 6.45) is 12.8. The minimum Gasteiger partial charge on any atom is -0.295 e. The molecule has 0 aromatic carbocycles. The third-order valence-electron chi connectivity index (χ3n) is 4.06. The molecule has 8 heteroatoms. The third kappa shape index (κ3) is 4.77. The summed E-state index contributed by atoms with van der Waals surface area (Å²) in [5, 5.41) is 4.34. The van der Waals surface area contributed by atoms with Crippen LogP contribution in [0.25, 0.3) is 11.0 Å². The van der Waals surface area contributed by atoms with Crippen LogP contribution in [-0.2, 0) is 0 Å². The lowest BCUT2D eigenvalue weighted by Crippen LogP contribution is -2.26. The standard InChI is InChI=1S/C17H18FN5S2/c1-2-12-9-15-14(19-10-12)7-8-16(21-15)25-23(18)11-20-22-17(24)13-5-3-4-6-13/h1,7-11,13,17,22,24H,3-6H2/b20-11+. The van der Waals surface area contributed by atoms with Crippen molar-refractivity contribution in [3.05, 3.63) is 30.0 Å². The fourth-order valence-corrected chi connectivity index (χ4v) is 3.67. The Labute approximate surface area is 156 Å². The second-order valence-corrected chi connectivity index (χ2v) is 7.29. The summed E-state index contributed by atoms with van der Waals surface area (Å²) in [5.74, 6) is 3.00. The number of nitrogens with one attached hydrogen (secondary N) is 1. The predicted molar refractivity (Wildman–Crippen MR) is 103 cm³/mol. The molecular weight excluding hydrogens is 357 g/mol. The van der Waals surface area contributed by atoms with E-state index < -0.39 is 0 Å². The van der Waals surface area contributed by atoms with E-state index >= 15 is 0 Å². The Balaban J connectivity index is 1.58. The average molecular weight is 375 g/mol. The molecule has 0 spiro atoms. The lowest BCUT2D eigenvalue weighted by molar-refractivity contribution is 0.270. The second-order valence-electron chi connectivity index (χ2n) is 5.78. The van der Waals surface area contributed by atoms with E-state index in [9.17, 15) is 4.48 Å². The lowest BCUT2D eigenvalue weighted by atomic mass is 10.1. The summed E-state index contributed by atoms with van der Waals surface area (Å²) in [7, 11) is 0. The van der Waals surface area contributed by atoms with Crippen LogP contribution >= 0.6 is 24.6 Å². The number of hydrazone groups is 1. The van der Waals surface area contributed by atoms with Gasteiger partial charge in [-0.15, -0.1) is 11.0 Å². The summed E-state index contributed by atoms with van der Waals surface area (Å²) < 4.78 is 14.4. The van der Waals surface area contributed by atoms with Crippen molar-refractivity contribution in [1.29, 1.82) is 0 Å². The molecule has 2 aromatic heterocycles. The third-order valence-corrected chi connectivity index (χ3v) is 5.28. The zero-order valence-electron chi connectivity index (χ0n) is 13.5. The Morgan fingerprint density at radius 3 is 3.00 bits per heavy atom. The molecule has 0 saturated heterocycles. The van der Waals surface area contributed by atoms with Crippen molar-refractivity contribution < 1.29 is 4.48 Å². The molecule has 1 fully saturated rings.